The number of unbranched alkanes of at least 4 members (excludes halogenated alkanes) is 24. The van der Waals surface area contributed by atoms with E-state index in [4.69, 9.17) is 9.47 Å². The van der Waals surface area contributed by atoms with Crippen LogP contribution < -0.4 is 0 Å². The molecule has 0 aliphatic heterocycles. The number of carbonyl (C=O) groups excluding carboxylic acids is 1. The largest absolute Gasteiger partial charge is 0.508 e. The summed E-state index contributed by atoms with van der Waals surface area (Å²) in [5.41, 5.74) is 0. The normalized spacial score (nSPS) is 12.0. The van der Waals surface area contributed by atoms with E-state index in [2.05, 4.69) is 43.1 Å². The highest BCUT2D eigenvalue weighted by Crippen LogP contribution is 2.18. The second-order valence-electron chi connectivity index (χ2n) is 14.4. The number of hydrogen-bond acceptors (Lipinski definition) is 4. The van der Waals surface area contributed by atoms with E-state index < -0.39 is 6.16 Å². The summed E-state index contributed by atoms with van der Waals surface area (Å²) in [7, 11) is 4.08. The zero-order valence-electron chi connectivity index (χ0n) is 32.4. The average Bonchev–Trinajstić information content (AvgIpc) is 3.06. The van der Waals surface area contributed by atoms with Crippen LogP contribution in [0.2, 0.25) is 0 Å². The van der Waals surface area contributed by atoms with Crippen LogP contribution in [0.5, 0.6) is 0 Å². The van der Waals surface area contributed by atoms with Crippen LogP contribution in [0.1, 0.15) is 213 Å². The first-order valence-corrected chi connectivity index (χ1v) is 20.9. The Balaban J connectivity index is 3.99. The van der Waals surface area contributed by atoms with E-state index in [1.165, 1.54) is 167 Å². The maximum atomic E-state index is 12.4. The van der Waals surface area contributed by atoms with Gasteiger partial charge in [-0.3, -0.25) is 0 Å². The maximum Gasteiger partial charge on any atom is 0.508 e. The summed E-state index contributed by atoms with van der Waals surface area (Å²) < 4.78 is 11.2. The van der Waals surface area contributed by atoms with Gasteiger partial charge in [0, 0.05) is 6.54 Å². The first-order chi connectivity index (χ1) is 23.1. The van der Waals surface area contributed by atoms with Crippen molar-refractivity contribution < 1.29 is 14.3 Å². The van der Waals surface area contributed by atoms with Crippen LogP contribution in [0.3, 0.4) is 0 Å². The molecule has 0 aliphatic rings. The standard InChI is InChI=1S/C43H83NO3/c1-5-7-9-11-13-15-17-19-21-23-25-27-29-31-33-35-38-42(47-43(45)46-41-37-40-44(3)4)39-36-34-32-30-28-26-24-22-20-18-16-14-12-10-8-6-2/h19-22,42H,5-18,23-41H2,1-4H3/b21-19-,22-20-. The van der Waals surface area contributed by atoms with Crippen molar-refractivity contribution in [2.75, 3.05) is 27.2 Å². The smallest absolute Gasteiger partial charge is 0.434 e. The van der Waals surface area contributed by atoms with Gasteiger partial charge >= 0.3 is 6.16 Å². The Hall–Kier alpha value is -1.29. The van der Waals surface area contributed by atoms with Crippen molar-refractivity contribution in [3.05, 3.63) is 24.3 Å². The van der Waals surface area contributed by atoms with E-state index in [-0.39, 0.29) is 6.10 Å². The fourth-order valence-corrected chi connectivity index (χ4v) is 6.21. The second-order valence-corrected chi connectivity index (χ2v) is 14.4. The summed E-state index contributed by atoms with van der Waals surface area (Å²) in [6.07, 6.45) is 48.8. The monoisotopic (exact) mass is 662 g/mol. The Bertz CT molecular complexity index is 632. The molecule has 0 aromatic heterocycles. The Kier molecular flexibility index (Phi) is 38.1. The van der Waals surface area contributed by atoms with Crippen LogP contribution >= 0.6 is 0 Å². The summed E-state index contributed by atoms with van der Waals surface area (Å²) in [4.78, 5) is 14.5. The van der Waals surface area contributed by atoms with Crippen LogP contribution in [0, 0.1) is 0 Å². The molecule has 0 saturated carbocycles. The van der Waals surface area contributed by atoms with Gasteiger partial charge in [0.25, 0.3) is 0 Å². The van der Waals surface area contributed by atoms with Crippen LogP contribution in [0.25, 0.3) is 0 Å². The number of hydrogen-bond donors (Lipinski definition) is 0. The lowest BCUT2D eigenvalue weighted by Gasteiger charge is -2.18. The van der Waals surface area contributed by atoms with Crippen molar-refractivity contribution >= 4 is 6.16 Å². The van der Waals surface area contributed by atoms with Gasteiger partial charge < -0.3 is 14.4 Å². The minimum atomic E-state index is -0.470. The maximum absolute atomic E-state index is 12.4. The van der Waals surface area contributed by atoms with Gasteiger partial charge in [0.05, 0.1) is 6.61 Å². The van der Waals surface area contributed by atoms with E-state index in [0.29, 0.717) is 6.61 Å². The van der Waals surface area contributed by atoms with Gasteiger partial charge in [0.15, 0.2) is 0 Å². The highest BCUT2D eigenvalue weighted by atomic mass is 16.7. The number of allylic oxidation sites excluding steroid dienone is 4. The van der Waals surface area contributed by atoms with Gasteiger partial charge in [-0.2, -0.15) is 0 Å². The molecule has 0 fully saturated rings. The van der Waals surface area contributed by atoms with E-state index in [9.17, 15) is 4.79 Å². The molecule has 0 unspecified atom stereocenters. The molecule has 4 nitrogen and oxygen atoms in total. The molecule has 0 spiro atoms. The summed E-state index contributed by atoms with van der Waals surface area (Å²) in [5, 5.41) is 0. The van der Waals surface area contributed by atoms with E-state index >= 15 is 0 Å². The molecule has 0 aliphatic carbocycles. The van der Waals surface area contributed by atoms with Crippen LogP contribution in [0.4, 0.5) is 4.79 Å². The van der Waals surface area contributed by atoms with Gasteiger partial charge in [-0.05, 0) is 97.6 Å². The predicted octanol–water partition coefficient (Wildman–Crippen LogP) is 14.3. The molecule has 0 N–H and O–H groups in total. The SMILES string of the molecule is CCCCCCCC/C=C\CCCCCCCCC(CCCCCCCC/C=C\CCCCCCCC)OC(=O)OCCCN(C)C. The molecule has 278 valence electrons. The van der Waals surface area contributed by atoms with Gasteiger partial charge in [-0.1, -0.05) is 154 Å². The lowest BCUT2D eigenvalue weighted by Crippen LogP contribution is -2.21. The van der Waals surface area contributed by atoms with Gasteiger partial charge in [-0.15, -0.1) is 0 Å². The first-order valence-electron chi connectivity index (χ1n) is 20.9. The fourth-order valence-electron chi connectivity index (χ4n) is 6.21. The third kappa shape index (κ3) is 39.0. The molecule has 0 amide bonds. The lowest BCUT2D eigenvalue weighted by atomic mass is 10.0. The average molecular weight is 662 g/mol. The van der Waals surface area contributed by atoms with E-state index in [1.807, 2.05) is 14.1 Å². The van der Waals surface area contributed by atoms with Crippen molar-refractivity contribution in [2.45, 2.75) is 219 Å². The van der Waals surface area contributed by atoms with Gasteiger partial charge in [-0.25, -0.2) is 4.79 Å². The zero-order valence-corrected chi connectivity index (χ0v) is 32.4. The number of ether oxygens (including phenoxy) is 2. The Morgan fingerprint density at radius 1 is 0.489 bits per heavy atom. The van der Waals surface area contributed by atoms with Crippen molar-refractivity contribution in [3.63, 3.8) is 0 Å². The molecule has 0 aromatic carbocycles. The summed E-state index contributed by atoms with van der Waals surface area (Å²) in [5.74, 6) is 0. The van der Waals surface area contributed by atoms with Crippen LogP contribution in [0.15, 0.2) is 24.3 Å². The topological polar surface area (TPSA) is 38.8 Å². The molecule has 0 bridgehead atoms. The van der Waals surface area contributed by atoms with Crippen molar-refractivity contribution in [2.24, 2.45) is 0 Å². The molecule has 0 heterocycles. The van der Waals surface area contributed by atoms with Gasteiger partial charge in [0.2, 0.25) is 0 Å². The predicted molar refractivity (Wildman–Crippen MR) is 208 cm³/mol. The van der Waals surface area contributed by atoms with E-state index in [1.54, 1.807) is 0 Å². The third-order valence-electron chi connectivity index (χ3n) is 9.31. The Labute approximate surface area is 295 Å². The zero-order chi connectivity index (χ0) is 34.3. The fraction of sp³-hybridized carbons (Fsp3) is 0.884. The minimum absolute atomic E-state index is 0.00455. The molecule has 0 saturated heterocycles. The molecule has 0 radical (unpaired) electrons. The van der Waals surface area contributed by atoms with E-state index in [0.717, 1.165) is 38.6 Å². The second kappa shape index (κ2) is 39.2. The molecule has 0 atom stereocenters. The van der Waals surface area contributed by atoms with Crippen LogP contribution in [-0.2, 0) is 9.47 Å². The van der Waals surface area contributed by atoms with Crippen LogP contribution in [-0.4, -0.2) is 44.4 Å². The molecule has 0 aromatic rings. The minimum Gasteiger partial charge on any atom is -0.434 e. The third-order valence-corrected chi connectivity index (χ3v) is 9.31. The summed E-state index contributed by atoms with van der Waals surface area (Å²) in [6.45, 7) is 5.92. The van der Waals surface area contributed by atoms with Crippen molar-refractivity contribution in [3.8, 4) is 0 Å². The molecule has 0 rings (SSSR count). The lowest BCUT2D eigenvalue weighted by molar-refractivity contribution is 0.0150. The van der Waals surface area contributed by atoms with Crippen molar-refractivity contribution in [1.82, 2.24) is 4.90 Å². The Morgan fingerprint density at radius 2 is 0.830 bits per heavy atom. The number of nitrogens with zero attached hydrogens (tertiary/aromatic N) is 1. The number of carbonyl (C=O) groups is 1. The summed E-state index contributed by atoms with van der Waals surface area (Å²) >= 11 is 0. The number of rotatable bonds is 37. The quantitative estimate of drug-likeness (QED) is 0.0377. The molecular formula is C43H83NO3. The van der Waals surface area contributed by atoms with Crippen molar-refractivity contribution in [1.29, 1.82) is 0 Å². The Morgan fingerprint density at radius 3 is 1.19 bits per heavy atom. The molecule has 47 heavy (non-hydrogen) atoms. The van der Waals surface area contributed by atoms with Gasteiger partial charge in [0.1, 0.15) is 6.10 Å². The molecular weight excluding hydrogens is 578 g/mol. The first kappa shape index (κ1) is 45.7. The molecule has 4 heteroatoms. The summed E-state index contributed by atoms with van der Waals surface area (Å²) in [6, 6.07) is 0. The highest BCUT2D eigenvalue weighted by Gasteiger charge is 2.15. The highest BCUT2D eigenvalue weighted by molar-refractivity contribution is 5.60.